The van der Waals surface area contributed by atoms with Crippen LogP contribution in [0.3, 0.4) is 0 Å². The number of hydroxylamine groups is 1. The van der Waals surface area contributed by atoms with Crippen molar-refractivity contribution in [2.75, 3.05) is 11.9 Å². The number of nitrogens with zero attached hydrogens (tertiary/aromatic N) is 4. The van der Waals surface area contributed by atoms with Gasteiger partial charge in [-0.2, -0.15) is 4.98 Å². The molecule has 4 rings (SSSR count). The van der Waals surface area contributed by atoms with Crippen LogP contribution in [0.2, 0.25) is 0 Å². The molecule has 0 amide bonds. The fourth-order valence-electron chi connectivity index (χ4n) is 3.23. The van der Waals surface area contributed by atoms with Crippen LogP contribution >= 0.6 is 15.9 Å². The van der Waals surface area contributed by atoms with E-state index in [1.807, 2.05) is 6.07 Å². The highest BCUT2D eigenvalue weighted by Crippen LogP contribution is 2.32. The van der Waals surface area contributed by atoms with E-state index in [1.165, 1.54) is 31.3 Å². The van der Waals surface area contributed by atoms with Crippen LogP contribution in [0.1, 0.15) is 17.4 Å². The third-order valence-corrected chi connectivity index (χ3v) is 7.23. The highest BCUT2D eigenvalue weighted by atomic mass is 79.9. The van der Waals surface area contributed by atoms with Crippen LogP contribution < -0.4 is 5.32 Å². The fourth-order valence-corrected chi connectivity index (χ4v) is 4.83. The molecule has 174 valence electrons. The standard InChI is InChI=1S/C22H18BrN5O5S/c1-2-28(31)34(32,33)15-7-5-6-14(11-15)25-22-24-12-13-10-17(16-8-3-4-9-18(16)23)19(21(29)30)26-20(13)27-22/h3-12,31H,2H2,1H3,(H,29,30)(H,24,25,26,27). The maximum absolute atomic E-state index is 12.4. The summed E-state index contributed by atoms with van der Waals surface area (Å²) in [6.07, 6.45) is 1.50. The Morgan fingerprint density at radius 1 is 1.09 bits per heavy atom. The van der Waals surface area contributed by atoms with Crippen LogP contribution in [-0.2, 0) is 10.0 Å². The van der Waals surface area contributed by atoms with Crippen LogP contribution in [0.25, 0.3) is 22.2 Å². The lowest BCUT2D eigenvalue weighted by Gasteiger charge is -2.14. The zero-order chi connectivity index (χ0) is 24.5. The van der Waals surface area contributed by atoms with Gasteiger partial charge in [0.15, 0.2) is 11.3 Å². The SMILES string of the molecule is CCN(O)S(=O)(=O)c1cccc(Nc2ncc3cc(-c4ccccc4Br)c(C(=O)O)nc3n2)c1. The lowest BCUT2D eigenvalue weighted by molar-refractivity contribution is 0.00858. The quantitative estimate of drug-likeness (QED) is 0.290. The third-order valence-electron chi connectivity index (χ3n) is 4.87. The van der Waals surface area contributed by atoms with Gasteiger partial charge >= 0.3 is 5.97 Å². The second-order valence-electron chi connectivity index (χ2n) is 7.07. The Morgan fingerprint density at radius 3 is 2.56 bits per heavy atom. The minimum Gasteiger partial charge on any atom is -0.476 e. The van der Waals surface area contributed by atoms with Crippen LogP contribution in [-0.4, -0.2) is 50.7 Å². The zero-order valence-corrected chi connectivity index (χ0v) is 20.1. The van der Waals surface area contributed by atoms with Crippen molar-refractivity contribution in [2.24, 2.45) is 0 Å². The van der Waals surface area contributed by atoms with Crippen molar-refractivity contribution in [3.05, 3.63) is 71.0 Å². The molecule has 2 aromatic carbocycles. The van der Waals surface area contributed by atoms with Gasteiger partial charge in [-0.05, 0) is 42.8 Å². The molecule has 2 heterocycles. The van der Waals surface area contributed by atoms with Crippen LogP contribution in [0.5, 0.6) is 0 Å². The van der Waals surface area contributed by atoms with E-state index in [2.05, 4.69) is 36.2 Å². The largest absolute Gasteiger partial charge is 0.476 e. The molecule has 3 N–H and O–H groups in total. The molecule has 0 saturated carbocycles. The number of aromatic nitrogens is 3. The van der Waals surface area contributed by atoms with Crippen LogP contribution in [0.4, 0.5) is 11.6 Å². The number of hydrogen-bond acceptors (Lipinski definition) is 8. The number of nitrogens with one attached hydrogen (secondary N) is 1. The lowest BCUT2D eigenvalue weighted by atomic mass is 10.0. The summed E-state index contributed by atoms with van der Waals surface area (Å²) in [5, 5.41) is 22.8. The Hall–Kier alpha value is -3.45. The second-order valence-corrected chi connectivity index (χ2v) is 9.77. The van der Waals surface area contributed by atoms with Gasteiger partial charge in [0.25, 0.3) is 10.0 Å². The van der Waals surface area contributed by atoms with Gasteiger partial charge in [0.05, 0.1) is 4.90 Å². The topological polar surface area (TPSA) is 146 Å². The summed E-state index contributed by atoms with van der Waals surface area (Å²) in [4.78, 5) is 24.6. The van der Waals surface area contributed by atoms with E-state index in [4.69, 9.17) is 0 Å². The highest BCUT2D eigenvalue weighted by molar-refractivity contribution is 9.10. The minimum atomic E-state index is -4.06. The van der Waals surface area contributed by atoms with Crippen molar-refractivity contribution >= 4 is 54.6 Å². The Bertz CT molecular complexity index is 1510. The number of sulfonamides is 1. The molecule has 0 aliphatic rings. The van der Waals surface area contributed by atoms with Crippen molar-refractivity contribution in [1.82, 2.24) is 19.4 Å². The first-order valence-electron chi connectivity index (χ1n) is 9.95. The summed E-state index contributed by atoms with van der Waals surface area (Å²) >= 11 is 3.44. The molecule has 34 heavy (non-hydrogen) atoms. The van der Waals surface area contributed by atoms with Gasteiger partial charge < -0.3 is 10.4 Å². The highest BCUT2D eigenvalue weighted by Gasteiger charge is 2.22. The molecular weight excluding hydrogens is 526 g/mol. The van der Waals surface area contributed by atoms with Gasteiger partial charge in [-0.3, -0.25) is 5.21 Å². The number of carbonyl (C=O) groups is 1. The van der Waals surface area contributed by atoms with E-state index >= 15 is 0 Å². The van der Waals surface area contributed by atoms with Gasteiger partial charge in [0, 0.05) is 33.9 Å². The molecule has 0 bridgehead atoms. The molecule has 0 atom stereocenters. The first-order chi connectivity index (χ1) is 16.2. The molecule has 0 fully saturated rings. The van der Waals surface area contributed by atoms with Crippen molar-refractivity contribution < 1.29 is 23.5 Å². The number of hydrogen-bond donors (Lipinski definition) is 3. The normalized spacial score (nSPS) is 11.6. The molecule has 4 aromatic rings. The van der Waals surface area contributed by atoms with E-state index in [-0.39, 0.29) is 33.2 Å². The number of benzene rings is 2. The van der Waals surface area contributed by atoms with Gasteiger partial charge in [0.2, 0.25) is 5.95 Å². The maximum atomic E-state index is 12.4. The Balaban J connectivity index is 1.73. The van der Waals surface area contributed by atoms with E-state index in [0.29, 0.717) is 22.2 Å². The fraction of sp³-hybridized carbons (Fsp3) is 0.0909. The van der Waals surface area contributed by atoms with Gasteiger partial charge in [0.1, 0.15) is 0 Å². The number of carboxylic acids is 1. The van der Waals surface area contributed by atoms with Gasteiger partial charge in [-0.1, -0.05) is 44.7 Å². The molecule has 0 unspecified atom stereocenters. The summed E-state index contributed by atoms with van der Waals surface area (Å²) in [5.74, 6) is -1.11. The number of aromatic carboxylic acids is 1. The smallest absolute Gasteiger partial charge is 0.355 e. The summed E-state index contributed by atoms with van der Waals surface area (Å²) in [6, 6.07) is 14.6. The number of rotatable bonds is 7. The van der Waals surface area contributed by atoms with Crippen molar-refractivity contribution in [3.8, 4) is 11.1 Å². The first-order valence-corrected chi connectivity index (χ1v) is 12.2. The average molecular weight is 544 g/mol. The molecular formula is C22H18BrN5O5S. The summed E-state index contributed by atoms with van der Waals surface area (Å²) in [5.41, 5.74) is 1.42. The van der Waals surface area contributed by atoms with Crippen molar-refractivity contribution in [3.63, 3.8) is 0 Å². The predicted molar refractivity (Wildman–Crippen MR) is 129 cm³/mol. The van der Waals surface area contributed by atoms with E-state index in [0.717, 1.165) is 4.47 Å². The number of anilines is 2. The lowest BCUT2D eigenvalue weighted by Crippen LogP contribution is -2.27. The summed E-state index contributed by atoms with van der Waals surface area (Å²) in [7, 11) is -4.06. The van der Waals surface area contributed by atoms with E-state index in [1.54, 1.807) is 30.3 Å². The van der Waals surface area contributed by atoms with E-state index in [9.17, 15) is 23.5 Å². The number of pyridine rings is 1. The number of fused-ring (bicyclic) bond motifs is 1. The second kappa shape index (κ2) is 9.43. The molecule has 0 aliphatic heterocycles. The van der Waals surface area contributed by atoms with Crippen molar-refractivity contribution in [1.29, 1.82) is 0 Å². The Morgan fingerprint density at radius 2 is 1.85 bits per heavy atom. The third kappa shape index (κ3) is 4.61. The zero-order valence-electron chi connectivity index (χ0n) is 17.7. The molecule has 2 aromatic heterocycles. The molecule has 0 spiro atoms. The molecule has 0 radical (unpaired) electrons. The van der Waals surface area contributed by atoms with E-state index < -0.39 is 16.0 Å². The minimum absolute atomic E-state index is 0.0934. The van der Waals surface area contributed by atoms with Crippen LogP contribution in [0, 0.1) is 0 Å². The predicted octanol–water partition coefficient (Wildman–Crippen LogP) is 4.30. The molecule has 10 nitrogen and oxygen atoms in total. The molecule has 0 saturated heterocycles. The summed E-state index contributed by atoms with van der Waals surface area (Å²) in [6.45, 7) is 1.40. The Labute approximate surface area is 203 Å². The van der Waals surface area contributed by atoms with Crippen molar-refractivity contribution in [2.45, 2.75) is 11.8 Å². The summed E-state index contributed by atoms with van der Waals surface area (Å²) < 4.78 is 25.7. The molecule has 12 heteroatoms. The van der Waals surface area contributed by atoms with Gasteiger partial charge in [-0.25, -0.2) is 23.2 Å². The maximum Gasteiger partial charge on any atom is 0.355 e. The number of halogens is 1. The van der Waals surface area contributed by atoms with Crippen LogP contribution in [0.15, 0.2) is 70.2 Å². The van der Waals surface area contributed by atoms with Gasteiger partial charge in [-0.15, -0.1) is 0 Å². The number of carboxylic acid groups (broad SMARTS) is 1. The first kappa shape index (κ1) is 23.7. The average Bonchev–Trinajstić information content (AvgIpc) is 2.83. The molecule has 0 aliphatic carbocycles. The monoisotopic (exact) mass is 543 g/mol. The Kier molecular flexibility index (Phi) is 6.57.